The Kier molecular flexibility index (Phi) is 6.95. The first kappa shape index (κ1) is 25.8. The van der Waals surface area contributed by atoms with Crippen molar-refractivity contribution in [3.63, 3.8) is 0 Å². The second kappa shape index (κ2) is 10.5. The summed E-state index contributed by atoms with van der Waals surface area (Å²) in [5.41, 5.74) is 5.53. The van der Waals surface area contributed by atoms with Crippen molar-refractivity contribution in [2.75, 3.05) is 17.1 Å². The molecule has 0 saturated heterocycles. The summed E-state index contributed by atoms with van der Waals surface area (Å²) in [7, 11) is -2.50. The van der Waals surface area contributed by atoms with E-state index in [4.69, 9.17) is 9.72 Å². The molecule has 0 unspecified atom stereocenters. The molecular formula is C29H25N5O4S. The predicted molar refractivity (Wildman–Crippen MR) is 150 cm³/mol. The minimum Gasteiger partial charge on any atom is -0.481 e. The molecule has 0 aliphatic carbocycles. The van der Waals surface area contributed by atoms with Crippen molar-refractivity contribution in [2.45, 2.75) is 18.7 Å². The average molecular weight is 540 g/mol. The summed E-state index contributed by atoms with van der Waals surface area (Å²) in [6.45, 7) is 4.09. The lowest BCUT2D eigenvalue weighted by Crippen LogP contribution is -2.15. The van der Waals surface area contributed by atoms with E-state index < -0.39 is 10.0 Å². The predicted octanol–water partition coefficient (Wildman–Crippen LogP) is 5.37. The number of hydrogen-bond acceptors (Lipinski definition) is 7. The average Bonchev–Trinajstić information content (AvgIpc) is 2.94. The van der Waals surface area contributed by atoms with Crippen molar-refractivity contribution in [3.8, 4) is 17.1 Å². The molecule has 39 heavy (non-hydrogen) atoms. The van der Waals surface area contributed by atoms with Crippen LogP contribution in [-0.2, 0) is 10.0 Å². The van der Waals surface area contributed by atoms with E-state index in [-0.39, 0.29) is 22.5 Å². The molecule has 3 aromatic carbocycles. The fraction of sp³-hybridized carbons (Fsp3) is 0.103. The van der Waals surface area contributed by atoms with Crippen LogP contribution >= 0.6 is 0 Å². The Hall–Kier alpha value is -4.83. The molecule has 0 aliphatic rings. The maximum absolute atomic E-state index is 13.4. The van der Waals surface area contributed by atoms with E-state index in [2.05, 4.69) is 26.1 Å². The number of aryl methyl sites for hydroxylation is 2. The molecule has 9 nitrogen and oxygen atoms in total. The van der Waals surface area contributed by atoms with Crippen molar-refractivity contribution in [2.24, 2.45) is 0 Å². The molecule has 5 rings (SSSR count). The molecule has 5 aromatic rings. The van der Waals surface area contributed by atoms with Gasteiger partial charge in [0.2, 0.25) is 5.88 Å². The van der Waals surface area contributed by atoms with Gasteiger partial charge in [0.1, 0.15) is 12.1 Å². The number of carbonyl (C=O) groups excluding carboxylic acids is 1. The number of para-hydroxylation sites is 1. The lowest BCUT2D eigenvalue weighted by Gasteiger charge is -2.12. The topological polar surface area (TPSA) is 123 Å². The largest absolute Gasteiger partial charge is 0.481 e. The van der Waals surface area contributed by atoms with Crippen LogP contribution < -0.4 is 14.8 Å². The Morgan fingerprint density at radius 3 is 2.38 bits per heavy atom. The summed E-state index contributed by atoms with van der Waals surface area (Å²) in [4.78, 5) is 26.0. The minimum absolute atomic E-state index is 0.00414. The summed E-state index contributed by atoms with van der Waals surface area (Å²) >= 11 is 0. The Morgan fingerprint density at radius 2 is 1.64 bits per heavy atom. The fourth-order valence-electron chi connectivity index (χ4n) is 4.03. The van der Waals surface area contributed by atoms with E-state index in [0.717, 1.165) is 11.1 Å². The van der Waals surface area contributed by atoms with E-state index in [1.807, 2.05) is 50.2 Å². The number of carbonyl (C=O) groups is 1. The Morgan fingerprint density at radius 1 is 0.872 bits per heavy atom. The van der Waals surface area contributed by atoms with Crippen LogP contribution in [0.5, 0.6) is 5.88 Å². The SMILES string of the molecule is COc1cc(NS(=O)(=O)c2ccc(NC(=O)c3cc(-c4ccc(C)c(C)c4)nc4ccccc34)cc2)ncn1. The van der Waals surface area contributed by atoms with Crippen LogP contribution in [0.2, 0.25) is 0 Å². The first-order chi connectivity index (χ1) is 18.7. The van der Waals surface area contributed by atoms with Gasteiger partial charge in [0.15, 0.2) is 0 Å². The summed E-state index contributed by atoms with van der Waals surface area (Å²) in [5, 5.41) is 3.59. The Bertz CT molecular complexity index is 1810. The number of sulfonamides is 1. The summed E-state index contributed by atoms with van der Waals surface area (Å²) < 4.78 is 33.0. The van der Waals surface area contributed by atoms with Crippen LogP contribution in [0.4, 0.5) is 11.5 Å². The highest BCUT2D eigenvalue weighted by Gasteiger charge is 2.18. The van der Waals surface area contributed by atoms with Gasteiger partial charge in [-0.2, -0.15) is 0 Å². The molecule has 10 heteroatoms. The third-order valence-corrected chi connectivity index (χ3v) is 7.65. The monoisotopic (exact) mass is 539 g/mol. The minimum atomic E-state index is -3.92. The maximum atomic E-state index is 13.4. The summed E-state index contributed by atoms with van der Waals surface area (Å²) in [6, 6.07) is 22.6. The van der Waals surface area contributed by atoms with Crippen LogP contribution in [0.15, 0.2) is 90.1 Å². The van der Waals surface area contributed by atoms with Gasteiger partial charge in [0.05, 0.1) is 28.8 Å². The molecule has 0 spiro atoms. The lowest BCUT2D eigenvalue weighted by atomic mass is 10.0. The summed E-state index contributed by atoms with van der Waals surface area (Å²) in [6.07, 6.45) is 1.20. The number of amides is 1. The lowest BCUT2D eigenvalue weighted by molar-refractivity contribution is 0.102. The molecule has 0 bridgehead atoms. The van der Waals surface area contributed by atoms with Crippen LogP contribution in [0.3, 0.4) is 0 Å². The standard InChI is InChI=1S/C29H25N5O4S/c1-18-8-9-20(14-19(18)2)26-15-24(23-6-4-5-7-25(23)33-26)29(35)32-21-10-12-22(13-11-21)39(36,37)34-27-16-28(38-3)31-17-30-27/h4-17H,1-3H3,(H,32,35)(H,30,31,34). The van der Waals surface area contributed by atoms with Crippen LogP contribution in [0.1, 0.15) is 21.5 Å². The van der Waals surface area contributed by atoms with Crippen molar-refractivity contribution in [3.05, 3.63) is 102 Å². The van der Waals surface area contributed by atoms with E-state index in [1.54, 1.807) is 6.07 Å². The van der Waals surface area contributed by atoms with Gasteiger partial charge in [-0.3, -0.25) is 9.52 Å². The molecule has 2 N–H and O–H groups in total. The van der Waals surface area contributed by atoms with Gasteiger partial charge < -0.3 is 10.1 Å². The van der Waals surface area contributed by atoms with Gasteiger partial charge in [0.25, 0.3) is 15.9 Å². The van der Waals surface area contributed by atoms with E-state index in [9.17, 15) is 13.2 Å². The number of anilines is 2. The normalized spacial score (nSPS) is 11.3. The smallest absolute Gasteiger partial charge is 0.263 e. The van der Waals surface area contributed by atoms with Gasteiger partial charge in [-0.05, 0) is 67.4 Å². The van der Waals surface area contributed by atoms with Crippen LogP contribution in [0.25, 0.3) is 22.2 Å². The van der Waals surface area contributed by atoms with Crippen LogP contribution in [0, 0.1) is 13.8 Å². The van der Waals surface area contributed by atoms with E-state index >= 15 is 0 Å². The van der Waals surface area contributed by atoms with Crippen molar-refractivity contribution in [1.29, 1.82) is 0 Å². The number of hydrogen-bond donors (Lipinski definition) is 2. The van der Waals surface area contributed by atoms with E-state index in [0.29, 0.717) is 27.8 Å². The number of rotatable bonds is 7. The first-order valence-corrected chi connectivity index (χ1v) is 13.5. The zero-order chi connectivity index (χ0) is 27.6. The zero-order valence-electron chi connectivity index (χ0n) is 21.5. The number of methoxy groups -OCH3 is 1. The number of nitrogens with one attached hydrogen (secondary N) is 2. The van der Waals surface area contributed by atoms with E-state index in [1.165, 1.54) is 49.3 Å². The molecule has 0 atom stereocenters. The second-order valence-corrected chi connectivity index (χ2v) is 10.6. The van der Waals surface area contributed by atoms with Crippen molar-refractivity contribution < 1.29 is 17.9 Å². The molecular weight excluding hydrogens is 514 g/mol. The van der Waals surface area contributed by atoms with Crippen LogP contribution in [-0.4, -0.2) is 36.4 Å². The molecule has 2 aromatic heterocycles. The van der Waals surface area contributed by atoms with Crippen molar-refractivity contribution >= 4 is 38.3 Å². The molecule has 0 saturated carbocycles. The second-order valence-electron chi connectivity index (χ2n) is 8.90. The van der Waals surface area contributed by atoms with Crippen molar-refractivity contribution in [1.82, 2.24) is 15.0 Å². The zero-order valence-corrected chi connectivity index (χ0v) is 22.3. The first-order valence-electron chi connectivity index (χ1n) is 12.0. The Balaban J connectivity index is 1.41. The molecule has 0 radical (unpaired) electrons. The van der Waals surface area contributed by atoms with Gasteiger partial charge in [-0.1, -0.05) is 30.3 Å². The van der Waals surface area contributed by atoms with Gasteiger partial charge in [-0.25, -0.2) is 23.4 Å². The molecule has 2 heterocycles. The fourth-order valence-corrected chi connectivity index (χ4v) is 5.03. The Labute approximate surface area is 226 Å². The highest BCUT2D eigenvalue weighted by atomic mass is 32.2. The molecule has 0 aliphatic heterocycles. The maximum Gasteiger partial charge on any atom is 0.263 e. The number of benzene rings is 3. The molecule has 196 valence electrons. The number of pyridine rings is 1. The third-order valence-electron chi connectivity index (χ3n) is 6.28. The quantitative estimate of drug-likeness (QED) is 0.285. The number of aromatic nitrogens is 3. The number of fused-ring (bicyclic) bond motifs is 1. The van der Waals surface area contributed by atoms with Gasteiger partial charge in [0, 0.05) is 22.7 Å². The third kappa shape index (κ3) is 5.55. The molecule has 0 fully saturated rings. The highest BCUT2D eigenvalue weighted by Crippen LogP contribution is 2.27. The number of ether oxygens (including phenoxy) is 1. The molecule has 1 amide bonds. The van der Waals surface area contributed by atoms with Gasteiger partial charge in [-0.15, -0.1) is 0 Å². The van der Waals surface area contributed by atoms with Gasteiger partial charge >= 0.3 is 0 Å². The highest BCUT2D eigenvalue weighted by molar-refractivity contribution is 7.92. The number of nitrogens with zero attached hydrogens (tertiary/aromatic N) is 3. The summed E-state index contributed by atoms with van der Waals surface area (Å²) in [5.74, 6) is -0.0334.